The van der Waals surface area contributed by atoms with Crippen molar-refractivity contribution < 1.29 is 17.3 Å². The van der Waals surface area contributed by atoms with Crippen LogP contribution >= 0.6 is 26.6 Å². The molecular formula is HBr2MoO. The summed E-state index contributed by atoms with van der Waals surface area (Å²) in [4.78, 5) is 0. The zero-order valence-electron chi connectivity index (χ0n) is 1.61. The third-order valence-corrected chi connectivity index (χ3v) is 0. The summed E-state index contributed by atoms with van der Waals surface area (Å²) >= 11 is 4.09. The van der Waals surface area contributed by atoms with E-state index in [0.29, 0.717) is 0 Å². The molecule has 4 heavy (non-hydrogen) atoms. The Morgan fingerprint density at radius 1 is 1.50 bits per heavy atom. The summed E-state index contributed by atoms with van der Waals surface area (Å²) in [6, 6.07) is 0. The molecule has 0 rings (SSSR count). The normalized spacial score (nSPS) is 9.00. The quantitative estimate of drug-likeness (QED) is 0.656. The Morgan fingerprint density at radius 3 is 1.50 bits per heavy atom. The number of hydrogen-bond donors (Lipinski definition) is 1. The minimum atomic E-state index is -1.73. The standard InChI is InChI=1S/2BrH.Mo.H2O/h2*1H;;1H2/q;;+3;/p-3. The number of hydrogen-bond acceptors (Lipinski definition) is 1. The molecule has 0 aromatic heterocycles. The molecule has 0 unspecified atom stereocenters. The third-order valence-electron chi connectivity index (χ3n) is 0. The first-order valence-electron chi connectivity index (χ1n) is 0.491. The van der Waals surface area contributed by atoms with Gasteiger partial charge in [-0.25, -0.2) is 0 Å². The van der Waals surface area contributed by atoms with E-state index in [9.17, 15) is 0 Å². The van der Waals surface area contributed by atoms with Gasteiger partial charge >= 0.3 is 43.9 Å². The van der Waals surface area contributed by atoms with Crippen LogP contribution in [0, 0.1) is 0 Å². The van der Waals surface area contributed by atoms with Gasteiger partial charge in [0, 0.05) is 0 Å². The molecule has 1 nitrogen and oxygen atoms in total. The molecule has 0 heterocycles. The second kappa shape index (κ2) is 2.83. The van der Waals surface area contributed by atoms with Crippen molar-refractivity contribution in [2.75, 3.05) is 0 Å². The van der Waals surface area contributed by atoms with Crippen molar-refractivity contribution in [3.63, 3.8) is 0 Å². The fourth-order valence-electron chi connectivity index (χ4n) is 0. The van der Waals surface area contributed by atoms with Crippen LogP contribution in [0.1, 0.15) is 0 Å². The predicted octanol–water partition coefficient (Wildman–Crippen LogP) is 1.13. The monoisotopic (exact) mass is 273 g/mol. The molecule has 1 N–H and O–H groups in total. The summed E-state index contributed by atoms with van der Waals surface area (Å²) in [6.45, 7) is 0. The first kappa shape index (κ1) is 5.61. The third kappa shape index (κ3) is 9.49. The molecule has 4 heteroatoms. The van der Waals surface area contributed by atoms with Gasteiger partial charge in [0.05, 0.1) is 0 Å². The molecule has 0 saturated heterocycles. The Bertz CT molecular complexity index is 10.8. The second-order valence-electron chi connectivity index (χ2n) is 0.196. The summed E-state index contributed by atoms with van der Waals surface area (Å²) in [6.07, 6.45) is 0. The molecule has 0 aliphatic rings. The van der Waals surface area contributed by atoms with Crippen molar-refractivity contribution in [2.24, 2.45) is 0 Å². The van der Waals surface area contributed by atoms with E-state index in [1.807, 2.05) is 0 Å². The Hall–Kier alpha value is 1.61. The van der Waals surface area contributed by atoms with Gasteiger partial charge < -0.3 is 0 Å². The molecule has 0 amide bonds. The van der Waals surface area contributed by atoms with Gasteiger partial charge in [-0.3, -0.25) is 0 Å². The topological polar surface area (TPSA) is 20.2 Å². The molecule has 0 bridgehead atoms. The van der Waals surface area contributed by atoms with Gasteiger partial charge in [-0.15, -0.1) is 0 Å². The summed E-state index contributed by atoms with van der Waals surface area (Å²) in [7, 11) is 0. The van der Waals surface area contributed by atoms with Crippen molar-refractivity contribution in [1.82, 2.24) is 0 Å². The summed E-state index contributed by atoms with van der Waals surface area (Å²) in [5.41, 5.74) is 0. The molecule has 0 aromatic rings. The van der Waals surface area contributed by atoms with Crippen LogP contribution in [0.15, 0.2) is 0 Å². The van der Waals surface area contributed by atoms with Gasteiger partial charge in [0.15, 0.2) is 0 Å². The summed E-state index contributed by atoms with van der Waals surface area (Å²) in [5.74, 6) is 0. The van der Waals surface area contributed by atoms with Crippen LogP contribution in [-0.4, -0.2) is 3.76 Å². The molecular weight excluding hydrogens is 272 g/mol. The van der Waals surface area contributed by atoms with Gasteiger partial charge in [-0.1, -0.05) is 0 Å². The molecule has 0 aliphatic heterocycles. The van der Waals surface area contributed by atoms with Crippen LogP contribution in [0.4, 0.5) is 0 Å². The fraction of sp³-hybridized carbons (Fsp3) is 0. The molecule has 0 spiro atoms. The minimum absolute atomic E-state index is 1.73. The van der Waals surface area contributed by atoms with E-state index in [2.05, 4.69) is 26.6 Å². The van der Waals surface area contributed by atoms with Gasteiger partial charge in [-0.2, -0.15) is 0 Å². The maximum atomic E-state index is 8.06. The molecule has 0 atom stereocenters. The number of halogens is 2. The molecule has 27 valence electrons. The predicted molar refractivity (Wildman–Crippen MR) is 20.1 cm³/mol. The molecule has 0 radical (unpaired) electrons. The summed E-state index contributed by atoms with van der Waals surface area (Å²) in [5, 5.41) is 0. The van der Waals surface area contributed by atoms with Crippen LogP contribution in [0.25, 0.3) is 0 Å². The van der Waals surface area contributed by atoms with Crippen molar-refractivity contribution in [1.29, 1.82) is 0 Å². The van der Waals surface area contributed by atoms with Crippen molar-refractivity contribution in [3.8, 4) is 0 Å². The molecule has 0 fully saturated rings. The van der Waals surface area contributed by atoms with E-state index in [-0.39, 0.29) is 0 Å². The Labute approximate surface area is 43.7 Å². The van der Waals surface area contributed by atoms with Crippen molar-refractivity contribution in [3.05, 3.63) is 0 Å². The molecule has 0 aromatic carbocycles. The molecule has 0 aliphatic carbocycles. The van der Waals surface area contributed by atoms with Crippen molar-refractivity contribution >= 4 is 26.6 Å². The van der Waals surface area contributed by atoms with Crippen LogP contribution in [0.5, 0.6) is 0 Å². The molecule has 0 saturated carbocycles. The van der Waals surface area contributed by atoms with Gasteiger partial charge in [-0.05, 0) is 0 Å². The van der Waals surface area contributed by atoms with Crippen LogP contribution < -0.4 is 0 Å². The van der Waals surface area contributed by atoms with Crippen molar-refractivity contribution in [2.45, 2.75) is 0 Å². The van der Waals surface area contributed by atoms with Crippen LogP contribution in [0.3, 0.4) is 0 Å². The Balaban J connectivity index is 2.32. The van der Waals surface area contributed by atoms with E-state index >= 15 is 0 Å². The SMILES string of the molecule is [OH][Mo]([Br])[Br]. The average molecular weight is 273 g/mol. The first-order valence-corrected chi connectivity index (χ1v) is 10.6. The van der Waals surface area contributed by atoms with Crippen LogP contribution in [0.2, 0.25) is 0 Å². The zero-order valence-corrected chi connectivity index (χ0v) is 6.79. The van der Waals surface area contributed by atoms with Gasteiger partial charge in [0.25, 0.3) is 0 Å². The maximum absolute atomic E-state index is 8.06. The van der Waals surface area contributed by atoms with Crippen LogP contribution in [-0.2, 0) is 13.6 Å². The van der Waals surface area contributed by atoms with Gasteiger partial charge in [0.2, 0.25) is 0 Å². The van der Waals surface area contributed by atoms with E-state index in [0.717, 1.165) is 0 Å². The average Bonchev–Trinajstić information content (AvgIpc) is 0.811. The number of rotatable bonds is 0. The van der Waals surface area contributed by atoms with E-state index in [1.165, 1.54) is 0 Å². The van der Waals surface area contributed by atoms with Gasteiger partial charge in [0.1, 0.15) is 0 Å². The van der Waals surface area contributed by atoms with E-state index in [1.54, 1.807) is 0 Å². The summed E-state index contributed by atoms with van der Waals surface area (Å²) < 4.78 is 8.06. The first-order chi connectivity index (χ1) is 1.73. The van der Waals surface area contributed by atoms with E-state index < -0.39 is 13.6 Å². The zero-order chi connectivity index (χ0) is 3.58. The van der Waals surface area contributed by atoms with E-state index in [4.69, 9.17) is 3.76 Å². The second-order valence-corrected chi connectivity index (χ2v) is 13.6. The Kier molecular flexibility index (Phi) is 3.96. The Morgan fingerprint density at radius 2 is 1.50 bits per heavy atom. The fourth-order valence-corrected chi connectivity index (χ4v) is 0.